The highest BCUT2D eigenvalue weighted by molar-refractivity contribution is 7.16. The molecule has 3 nitrogen and oxygen atoms in total. The average Bonchev–Trinajstić information content (AvgIpc) is 2.82. The van der Waals surface area contributed by atoms with E-state index in [1.807, 2.05) is 6.07 Å². The maximum absolute atomic E-state index is 12.8. The molecule has 1 aromatic carbocycles. The van der Waals surface area contributed by atoms with E-state index in [4.69, 9.17) is 16.9 Å². The van der Waals surface area contributed by atoms with Gasteiger partial charge in [0.05, 0.1) is 16.8 Å². The van der Waals surface area contributed by atoms with Crippen LogP contribution < -0.4 is 5.32 Å². The first-order valence-electron chi connectivity index (χ1n) is 5.77. The summed E-state index contributed by atoms with van der Waals surface area (Å²) in [6.07, 6.45) is 0.163. The first-order valence-corrected chi connectivity index (χ1v) is 6.96. The van der Waals surface area contributed by atoms with Gasteiger partial charge in [0.2, 0.25) is 5.91 Å². The van der Waals surface area contributed by atoms with Gasteiger partial charge in [0.25, 0.3) is 0 Å². The number of benzene rings is 1. The number of carbonyl (C=O) groups is 1. The van der Waals surface area contributed by atoms with Gasteiger partial charge in [-0.3, -0.25) is 4.79 Å². The third-order valence-corrected chi connectivity index (χ3v) is 3.83. The molecule has 0 unspecified atom stereocenters. The Labute approximate surface area is 124 Å². The smallest absolute Gasteiger partial charge is 0.226 e. The topological polar surface area (TPSA) is 52.9 Å². The van der Waals surface area contributed by atoms with Crippen molar-refractivity contribution in [1.82, 2.24) is 5.32 Å². The van der Waals surface area contributed by atoms with E-state index in [0.717, 1.165) is 4.88 Å². The predicted octanol–water partition coefficient (Wildman–Crippen LogP) is 3.46. The highest BCUT2D eigenvalue weighted by atomic mass is 35.5. The molecule has 2 rings (SSSR count). The molecule has 20 heavy (non-hydrogen) atoms. The number of nitriles is 1. The van der Waals surface area contributed by atoms with Crippen LogP contribution in [0, 0.1) is 17.1 Å². The Balaban J connectivity index is 2.01. The molecule has 0 saturated carbocycles. The van der Waals surface area contributed by atoms with Crippen LogP contribution >= 0.6 is 22.9 Å². The van der Waals surface area contributed by atoms with Gasteiger partial charge < -0.3 is 5.32 Å². The zero-order chi connectivity index (χ0) is 14.5. The molecule has 0 radical (unpaired) electrons. The van der Waals surface area contributed by atoms with Crippen LogP contribution in [0.4, 0.5) is 4.39 Å². The van der Waals surface area contributed by atoms with Crippen molar-refractivity contribution in [3.8, 4) is 6.07 Å². The molecule has 102 valence electrons. The number of thiophene rings is 1. The van der Waals surface area contributed by atoms with Crippen molar-refractivity contribution >= 4 is 28.8 Å². The number of amides is 1. The lowest BCUT2D eigenvalue weighted by Gasteiger charge is -2.11. The second-order valence-electron chi connectivity index (χ2n) is 4.06. The van der Waals surface area contributed by atoms with E-state index in [1.165, 1.54) is 35.6 Å². The highest BCUT2D eigenvalue weighted by Crippen LogP contribution is 2.22. The number of hydrogen-bond acceptors (Lipinski definition) is 3. The van der Waals surface area contributed by atoms with E-state index in [0.29, 0.717) is 9.90 Å². The Morgan fingerprint density at radius 1 is 1.35 bits per heavy atom. The Hall–Kier alpha value is -1.90. The van der Waals surface area contributed by atoms with E-state index >= 15 is 0 Å². The minimum atomic E-state index is -0.793. The quantitative estimate of drug-likeness (QED) is 0.940. The second-order valence-corrected chi connectivity index (χ2v) is 5.86. The molecule has 0 bridgehead atoms. The fourth-order valence-corrected chi connectivity index (χ4v) is 2.75. The van der Waals surface area contributed by atoms with Crippen LogP contribution in [0.2, 0.25) is 4.34 Å². The molecule has 2 aromatic rings. The Morgan fingerprint density at radius 3 is 2.60 bits per heavy atom. The average molecular weight is 309 g/mol. The second kappa shape index (κ2) is 6.51. The van der Waals surface area contributed by atoms with Crippen LogP contribution in [-0.2, 0) is 11.2 Å². The summed E-state index contributed by atoms with van der Waals surface area (Å²) in [5.41, 5.74) is 0.548. The fourth-order valence-electron chi connectivity index (χ4n) is 1.66. The van der Waals surface area contributed by atoms with E-state index < -0.39 is 6.04 Å². The molecule has 1 amide bonds. The lowest BCUT2D eigenvalue weighted by atomic mass is 10.1. The van der Waals surface area contributed by atoms with Gasteiger partial charge >= 0.3 is 0 Å². The summed E-state index contributed by atoms with van der Waals surface area (Å²) in [6.45, 7) is 0. The van der Waals surface area contributed by atoms with Crippen LogP contribution in [-0.4, -0.2) is 5.91 Å². The summed E-state index contributed by atoms with van der Waals surface area (Å²) in [6, 6.07) is 10.1. The SMILES string of the molecule is N#C[C@@H](NC(=O)Cc1ccc(Cl)s1)c1ccc(F)cc1. The summed E-state index contributed by atoms with van der Waals surface area (Å²) in [5.74, 6) is -0.663. The van der Waals surface area contributed by atoms with E-state index in [2.05, 4.69) is 5.32 Å². The van der Waals surface area contributed by atoms with Crippen molar-refractivity contribution in [3.63, 3.8) is 0 Å². The number of rotatable bonds is 4. The molecule has 0 spiro atoms. The number of halogens is 2. The third-order valence-electron chi connectivity index (χ3n) is 2.60. The van der Waals surface area contributed by atoms with E-state index in [9.17, 15) is 9.18 Å². The fraction of sp³-hybridized carbons (Fsp3) is 0.143. The predicted molar refractivity (Wildman–Crippen MR) is 75.9 cm³/mol. The summed E-state index contributed by atoms with van der Waals surface area (Å²) in [4.78, 5) is 12.7. The zero-order valence-electron chi connectivity index (χ0n) is 10.3. The minimum absolute atomic E-state index is 0.163. The molecule has 1 aromatic heterocycles. The molecule has 0 aliphatic carbocycles. The molecule has 6 heteroatoms. The van der Waals surface area contributed by atoms with Crippen molar-refractivity contribution in [2.24, 2.45) is 0 Å². The van der Waals surface area contributed by atoms with Gasteiger partial charge in [-0.25, -0.2) is 4.39 Å². The monoisotopic (exact) mass is 308 g/mol. The van der Waals surface area contributed by atoms with Gasteiger partial charge in [0.1, 0.15) is 11.9 Å². The Kier molecular flexibility index (Phi) is 4.72. The van der Waals surface area contributed by atoms with Gasteiger partial charge in [-0.05, 0) is 29.8 Å². The van der Waals surface area contributed by atoms with Gasteiger partial charge in [0.15, 0.2) is 0 Å². The molecule has 1 heterocycles. The maximum atomic E-state index is 12.8. The van der Waals surface area contributed by atoms with Gasteiger partial charge in [0, 0.05) is 4.88 Å². The molecule has 0 aliphatic heterocycles. The van der Waals surface area contributed by atoms with Crippen molar-refractivity contribution in [2.75, 3.05) is 0 Å². The van der Waals surface area contributed by atoms with Crippen LogP contribution in [0.5, 0.6) is 0 Å². The van der Waals surface area contributed by atoms with Crippen molar-refractivity contribution in [3.05, 3.63) is 57.0 Å². The van der Waals surface area contributed by atoms with Gasteiger partial charge in [-0.15, -0.1) is 11.3 Å². The largest absolute Gasteiger partial charge is 0.336 e. The molecule has 0 fully saturated rings. The molecular formula is C14H10ClFN2OS. The number of carbonyl (C=O) groups excluding carboxylic acids is 1. The summed E-state index contributed by atoms with van der Waals surface area (Å²) in [7, 11) is 0. The van der Waals surface area contributed by atoms with E-state index in [-0.39, 0.29) is 18.1 Å². The number of hydrogen-bond donors (Lipinski definition) is 1. The zero-order valence-corrected chi connectivity index (χ0v) is 11.8. The Bertz CT molecular complexity index is 648. The summed E-state index contributed by atoms with van der Waals surface area (Å²) < 4.78 is 13.4. The number of nitrogens with zero attached hydrogens (tertiary/aromatic N) is 1. The molecule has 1 N–H and O–H groups in total. The van der Waals surface area contributed by atoms with Crippen LogP contribution in [0.3, 0.4) is 0 Å². The summed E-state index contributed by atoms with van der Waals surface area (Å²) in [5, 5.41) is 11.7. The highest BCUT2D eigenvalue weighted by Gasteiger charge is 2.14. The summed E-state index contributed by atoms with van der Waals surface area (Å²) >= 11 is 7.11. The van der Waals surface area contributed by atoms with Gasteiger partial charge in [-0.1, -0.05) is 23.7 Å². The minimum Gasteiger partial charge on any atom is -0.336 e. The van der Waals surface area contributed by atoms with Crippen LogP contribution in [0.1, 0.15) is 16.5 Å². The lowest BCUT2D eigenvalue weighted by Crippen LogP contribution is -2.28. The first kappa shape index (κ1) is 14.5. The molecule has 1 atom stereocenters. The van der Waals surface area contributed by atoms with E-state index in [1.54, 1.807) is 12.1 Å². The standard InChI is InChI=1S/C14H10ClFN2OS/c15-13-6-5-11(20-13)7-14(19)18-12(8-17)9-1-3-10(16)4-2-9/h1-6,12H,7H2,(H,18,19)/t12-/m1/s1. The molecule has 0 aliphatic rings. The van der Waals surface area contributed by atoms with Gasteiger partial charge in [-0.2, -0.15) is 5.26 Å². The molecule has 0 saturated heterocycles. The Morgan fingerprint density at radius 2 is 2.05 bits per heavy atom. The third kappa shape index (κ3) is 3.80. The van der Waals surface area contributed by atoms with Crippen molar-refractivity contribution < 1.29 is 9.18 Å². The van der Waals surface area contributed by atoms with Crippen LogP contribution in [0.15, 0.2) is 36.4 Å². The van der Waals surface area contributed by atoms with Crippen molar-refractivity contribution in [2.45, 2.75) is 12.5 Å². The first-order chi connectivity index (χ1) is 9.58. The normalized spacial score (nSPS) is 11.7. The number of nitrogens with one attached hydrogen (secondary N) is 1. The molecular weight excluding hydrogens is 299 g/mol. The van der Waals surface area contributed by atoms with Crippen LogP contribution in [0.25, 0.3) is 0 Å². The lowest BCUT2D eigenvalue weighted by molar-refractivity contribution is -0.120. The maximum Gasteiger partial charge on any atom is 0.226 e. The van der Waals surface area contributed by atoms with Crippen molar-refractivity contribution in [1.29, 1.82) is 5.26 Å².